The summed E-state index contributed by atoms with van der Waals surface area (Å²) in [6.07, 6.45) is 0.861. The Morgan fingerprint density at radius 3 is 2.81 bits per heavy atom. The molecule has 0 spiro atoms. The average Bonchev–Trinajstić information content (AvgIpc) is 2.23. The maximum atomic E-state index is 5.02. The van der Waals surface area contributed by atoms with Crippen molar-refractivity contribution in [3.8, 4) is 0 Å². The van der Waals surface area contributed by atoms with E-state index in [0.717, 1.165) is 19.5 Å². The van der Waals surface area contributed by atoms with E-state index in [1.54, 1.807) is 0 Å². The minimum Gasteiger partial charge on any atom is -0.305 e. The van der Waals surface area contributed by atoms with Crippen molar-refractivity contribution in [3.05, 3.63) is 33.8 Å². The molecule has 2 N–H and O–H groups in total. The number of likely N-dealkylation sites (tertiary alicyclic amines) is 1. The van der Waals surface area contributed by atoms with Gasteiger partial charge in [-0.2, -0.15) is 0 Å². The molecule has 0 amide bonds. The standard InChI is InChI=1S/C12H17BrN2O/c1-15-7-10(8-15)11-3-2-9(4-5-16-14)6-12(11)13/h2-3,6,10H,4-5,7-8,14H2,1H3. The van der Waals surface area contributed by atoms with Crippen molar-refractivity contribution >= 4 is 15.9 Å². The molecule has 0 aliphatic carbocycles. The summed E-state index contributed by atoms with van der Waals surface area (Å²) in [6.45, 7) is 2.88. The summed E-state index contributed by atoms with van der Waals surface area (Å²) in [5.41, 5.74) is 2.67. The Morgan fingerprint density at radius 1 is 1.50 bits per heavy atom. The van der Waals surface area contributed by atoms with Gasteiger partial charge in [0.1, 0.15) is 0 Å². The first-order valence-corrected chi connectivity index (χ1v) is 6.28. The Hall–Kier alpha value is -0.420. The van der Waals surface area contributed by atoms with Gasteiger partial charge in [-0.1, -0.05) is 28.1 Å². The van der Waals surface area contributed by atoms with Gasteiger partial charge in [-0.25, -0.2) is 5.90 Å². The van der Waals surface area contributed by atoms with E-state index in [4.69, 9.17) is 5.90 Å². The Morgan fingerprint density at radius 2 is 2.25 bits per heavy atom. The van der Waals surface area contributed by atoms with Gasteiger partial charge >= 0.3 is 0 Å². The van der Waals surface area contributed by atoms with Crippen LogP contribution in [0.15, 0.2) is 22.7 Å². The van der Waals surface area contributed by atoms with Crippen LogP contribution in [0.25, 0.3) is 0 Å². The molecule has 3 nitrogen and oxygen atoms in total. The summed E-state index contributed by atoms with van der Waals surface area (Å²) in [6, 6.07) is 6.55. The van der Waals surface area contributed by atoms with Gasteiger partial charge in [-0.05, 0) is 30.7 Å². The number of hydrogen-bond acceptors (Lipinski definition) is 3. The molecule has 0 atom stereocenters. The van der Waals surface area contributed by atoms with E-state index >= 15 is 0 Å². The second kappa shape index (κ2) is 5.27. The highest BCUT2D eigenvalue weighted by molar-refractivity contribution is 9.10. The highest BCUT2D eigenvalue weighted by atomic mass is 79.9. The number of benzene rings is 1. The molecule has 0 aromatic heterocycles. The van der Waals surface area contributed by atoms with Gasteiger partial charge in [0.2, 0.25) is 0 Å². The van der Waals surface area contributed by atoms with Gasteiger partial charge in [0.05, 0.1) is 6.61 Å². The Balaban J connectivity index is 2.05. The molecule has 16 heavy (non-hydrogen) atoms. The Bertz CT molecular complexity index is 364. The number of likely N-dealkylation sites (N-methyl/N-ethyl adjacent to an activating group) is 1. The first kappa shape index (κ1) is 12.0. The molecule has 1 aliphatic rings. The van der Waals surface area contributed by atoms with E-state index in [2.05, 4.69) is 50.9 Å². The highest BCUT2D eigenvalue weighted by Crippen LogP contribution is 2.31. The molecule has 88 valence electrons. The fraction of sp³-hybridized carbons (Fsp3) is 0.500. The lowest BCUT2D eigenvalue weighted by atomic mass is 9.91. The smallest absolute Gasteiger partial charge is 0.0719 e. The molecule has 0 saturated carbocycles. The zero-order valence-electron chi connectivity index (χ0n) is 9.45. The maximum Gasteiger partial charge on any atom is 0.0719 e. The molecule has 1 aliphatic heterocycles. The van der Waals surface area contributed by atoms with Gasteiger partial charge in [0.15, 0.2) is 0 Å². The molecule has 0 radical (unpaired) electrons. The zero-order valence-corrected chi connectivity index (χ0v) is 11.0. The van der Waals surface area contributed by atoms with Crippen molar-refractivity contribution in [2.75, 3.05) is 26.7 Å². The van der Waals surface area contributed by atoms with E-state index in [-0.39, 0.29) is 0 Å². The summed E-state index contributed by atoms with van der Waals surface area (Å²) in [4.78, 5) is 6.91. The third kappa shape index (κ3) is 2.63. The summed E-state index contributed by atoms with van der Waals surface area (Å²) < 4.78 is 1.21. The van der Waals surface area contributed by atoms with Crippen molar-refractivity contribution < 1.29 is 4.84 Å². The summed E-state index contributed by atoms with van der Waals surface area (Å²) in [7, 11) is 2.15. The first-order valence-electron chi connectivity index (χ1n) is 5.49. The van der Waals surface area contributed by atoms with Crippen LogP contribution in [0.1, 0.15) is 17.0 Å². The van der Waals surface area contributed by atoms with Crippen molar-refractivity contribution in [2.24, 2.45) is 5.90 Å². The molecular weight excluding hydrogens is 268 g/mol. The van der Waals surface area contributed by atoms with Gasteiger partial charge in [-0.3, -0.25) is 0 Å². The molecule has 2 rings (SSSR count). The van der Waals surface area contributed by atoms with E-state index in [1.165, 1.54) is 15.6 Å². The van der Waals surface area contributed by atoms with Crippen molar-refractivity contribution in [3.63, 3.8) is 0 Å². The predicted octanol–water partition coefficient (Wildman–Crippen LogP) is 1.91. The van der Waals surface area contributed by atoms with Crippen LogP contribution >= 0.6 is 15.9 Å². The monoisotopic (exact) mass is 284 g/mol. The number of nitrogens with zero attached hydrogens (tertiary/aromatic N) is 1. The molecule has 4 heteroatoms. The first-order chi connectivity index (χ1) is 7.70. The summed E-state index contributed by atoms with van der Waals surface area (Å²) >= 11 is 3.64. The van der Waals surface area contributed by atoms with Crippen LogP contribution in [-0.2, 0) is 11.3 Å². The van der Waals surface area contributed by atoms with Crippen LogP contribution < -0.4 is 5.90 Å². The molecule has 1 aromatic rings. The van der Waals surface area contributed by atoms with Gasteiger partial charge < -0.3 is 9.74 Å². The van der Waals surface area contributed by atoms with Crippen molar-refractivity contribution in [1.82, 2.24) is 4.90 Å². The van der Waals surface area contributed by atoms with Crippen LogP contribution in [0.3, 0.4) is 0 Å². The highest BCUT2D eigenvalue weighted by Gasteiger charge is 2.26. The Labute approximate surface area is 105 Å². The SMILES string of the molecule is CN1CC(c2ccc(CCON)cc2Br)C1. The van der Waals surface area contributed by atoms with E-state index in [9.17, 15) is 0 Å². The molecule has 1 saturated heterocycles. The van der Waals surface area contributed by atoms with Gasteiger partial charge in [0, 0.05) is 23.5 Å². The van der Waals surface area contributed by atoms with Crippen molar-refractivity contribution in [2.45, 2.75) is 12.3 Å². The zero-order chi connectivity index (χ0) is 11.5. The lowest BCUT2D eigenvalue weighted by molar-refractivity contribution is 0.141. The van der Waals surface area contributed by atoms with Gasteiger partial charge in [-0.15, -0.1) is 0 Å². The van der Waals surface area contributed by atoms with Crippen molar-refractivity contribution in [1.29, 1.82) is 0 Å². The van der Waals surface area contributed by atoms with E-state index in [0.29, 0.717) is 12.5 Å². The quantitative estimate of drug-likeness (QED) is 0.859. The molecule has 1 fully saturated rings. The van der Waals surface area contributed by atoms with E-state index < -0.39 is 0 Å². The average molecular weight is 285 g/mol. The second-order valence-corrected chi connectivity index (χ2v) is 5.25. The minimum atomic E-state index is 0.567. The largest absolute Gasteiger partial charge is 0.305 e. The number of rotatable bonds is 4. The number of nitrogens with two attached hydrogens (primary N) is 1. The fourth-order valence-electron chi connectivity index (χ4n) is 2.13. The van der Waals surface area contributed by atoms with Crippen LogP contribution in [0.4, 0.5) is 0 Å². The molecule has 1 aromatic carbocycles. The molecule has 0 bridgehead atoms. The predicted molar refractivity (Wildman–Crippen MR) is 68.2 cm³/mol. The normalized spacial score (nSPS) is 17.4. The molecule has 1 heterocycles. The van der Waals surface area contributed by atoms with Gasteiger partial charge in [0.25, 0.3) is 0 Å². The summed E-state index contributed by atoms with van der Waals surface area (Å²) in [5, 5.41) is 0. The molecule has 0 unspecified atom stereocenters. The topological polar surface area (TPSA) is 38.5 Å². The minimum absolute atomic E-state index is 0.567. The number of halogens is 1. The lowest BCUT2D eigenvalue weighted by Gasteiger charge is -2.37. The third-order valence-corrected chi connectivity index (χ3v) is 3.76. The molecular formula is C12H17BrN2O. The summed E-state index contributed by atoms with van der Waals surface area (Å²) in [5.74, 6) is 5.70. The Kier molecular flexibility index (Phi) is 3.97. The van der Waals surface area contributed by atoms with Crippen LogP contribution in [-0.4, -0.2) is 31.6 Å². The fourth-order valence-corrected chi connectivity index (χ4v) is 2.88. The van der Waals surface area contributed by atoms with E-state index in [1.807, 2.05) is 0 Å². The van der Waals surface area contributed by atoms with Crippen LogP contribution in [0.5, 0.6) is 0 Å². The lowest BCUT2D eigenvalue weighted by Crippen LogP contribution is -2.41. The maximum absolute atomic E-state index is 5.02. The van der Waals surface area contributed by atoms with Crippen LogP contribution in [0.2, 0.25) is 0 Å². The third-order valence-electron chi connectivity index (χ3n) is 3.08. The second-order valence-electron chi connectivity index (χ2n) is 4.39. The van der Waals surface area contributed by atoms with Crippen LogP contribution in [0, 0.1) is 0 Å². The number of hydrogen-bond donors (Lipinski definition) is 1.